The van der Waals surface area contributed by atoms with Crippen LogP contribution < -0.4 is 15.5 Å². The van der Waals surface area contributed by atoms with Crippen LogP contribution in [0.5, 0.6) is 0 Å². The fourth-order valence-corrected chi connectivity index (χ4v) is 2.81. The summed E-state index contributed by atoms with van der Waals surface area (Å²) in [5, 5.41) is 5.50. The first-order valence-electron chi connectivity index (χ1n) is 9.47. The van der Waals surface area contributed by atoms with Crippen molar-refractivity contribution >= 4 is 29.4 Å². The van der Waals surface area contributed by atoms with E-state index in [4.69, 9.17) is 0 Å². The van der Waals surface area contributed by atoms with Crippen molar-refractivity contribution in [1.82, 2.24) is 9.97 Å². The number of carbonyl (C=O) groups excluding carboxylic acids is 2. The van der Waals surface area contributed by atoms with Gasteiger partial charge in [-0.15, -0.1) is 0 Å². The highest BCUT2D eigenvalue weighted by molar-refractivity contribution is 6.05. The highest BCUT2D eigenvalue weighted by Gasteiger charge is 2.14. The van der Waals surface area contributed by atoms with Crippen molar-refractivity contribution in [1.29, 1.82) is 0 Å². The van der Waals surface area contributed by atoms with E-state index in [1.807, 2.05) is 30.9 Å². The fourth-order valence-electron chi connectivity index (χ4n) is 2.81. The van der Waals surface area contributed by atoms with Gasteiger partial charge in [0, 0.05) is 30.3 Å². The summed E-state index contributed by atoms with van der Waals surface area (Å²) in [6.45, 7) is 5.48. The number of hydrogen-bond acceptors (Lipinski definition) is 5. The summed E-state index contributed by atoms with van der Waals surface area (Å²) in [7, 11) is 0. The van der Waals surface area contributed by atoms with E-state index in [1.165, 1.54) is 0 Å². The van der Waals surface area contributed by atoms with Crippen LogP contribution in [0.25, 0.3) is 0 Å². The van der Waals surface area contributed by atoms with Crippen molar-refractivity contribution in [3.05, 3.63) is 77.9 Å². The van der Waals surface area contributed by atoms with E-state index in [1.54, 1.807) is 54.6 Å². The topological polar surface area (TPSA) is 87.2 Å². The van der Waals surface area contributed by atoms with Crippen LogP contribution >= 0.6 is 0 Å². The molecule has 3 aromatic rings. The minimum Gasteiger partial charge on any atom is -0.357 e. The van der Waals surface area contributed by atoms with Gasteiger partial charge in [0.25, 0.3) is 11.8 Å². The summed E-state index contributed by atoms with van der Waals surface area (Å²) in [4.78, 5) is 35.8. The van der Waals surface area contributed by atoms with Gasteiger partial charge in [0.05, 0.1) is 0 Å². The number of aromatic nitrogens is 2. The Morgan fingerprint density at radius 2 is 1.31 bits per heavy atom. The van der Waals surface area contributed by atoms with Gasteiger partial charge in [-0.25, -0.2) is 0 Å². The molecule has 148 valence electrons. The normalized spacial score (nSPS) is 10.3. The Hall–Kier alpha value is -3.74. The molecule has 2 amide bonds. The highest BCUT2D eigenvalue weighted by Crippen LogP contribution is 2.19. The fraction of sp³-hybridized carbons (Fsp3) is 0.182. The lowest BCUT2D eigenvalue weighted by molar-refractivity contribution is 0.101. The lowest BCUT2D eigenvalue weighted by Gasteiger charge is -2.21. The van der Waals surface area contributed by atoms with Gasteiger partial charge in [0.2, 0.25) is 5.95 Å². The Labute approximate surface area is 169 Å². The number of anilines is 3. The second-order valence-electron chi connectivity index (χ2n) is 6.25. The number of amides is 2. The molecule has 1 aromatic heterocycles. The quantitative estimate of drug-likeness (QED) is 0.641. The molecular weight excluding hydrogens is 366 g/mol. The Morgan fingerprint density at radius 3 is 1.83 bits per heavy atom. The first-order chi connectivity index (χ1) is 14.1. The van der Waals surface area contributed by atoms with Gasteiger partial charge in [-0.05, 0) is 38.1 Å². The minimum atomic E-state index is -0.317. The molecule has 0 saturated heterocycles. The first kappa shape index (κ1) is 20.0. The molecule has 7 nitrogen and oxygen atoms in total. The molecule has 0 aliphatic carbocycles. The Kier molecular flexibility index (Phi) is 6.52. The SMILES string of the molecule is CCN(CC)c1cc(NC(=O)c2ccccc2)nc(NC(=O)c2ccccc2)n1. The van der Waals surface area contributed by atoms with Crippen LogP contribution in [0.1, 0.15) is 34.6 Å². The molecule has 0 atom stereocenters. The van der Waals surface area contributed by atoms with Crippen LogP contribution in [0.2, 0.25) is 0 Å². The third-order valence-corrected chi connectivity index (χ3v) is 4.34. The Balaban J connectivity index is 1.89. The molecule has 0 unspecified atom stereocenters. The molecule has 29 heavy (non-hydrogen) atoms. The Morgan fingerprint density at radius 1 is 0.793 bits per heavy atom. The van der Waals surface area contributed by atoms with E-state index in [0.717, 1.165) is 13.1 Å². The Bertz CT molecular complexity index is 901. The largest absolute Gasteiger partial charge is 0.357 e. The van der Waals surface area contributed by atoms with Gasteiger partial charge >= 0.3 is 0 Å². The molecular formula is C22H23N5O2. The van der Waals surface area contributed by atoms with E-state index in [-0.39, 0.29) is 17.8 Å². The first-order valence-corrected chi connectivity index (χ1v) is 9.47. The number of rotatable bonds is 7. The monoisotopic (exact) mass is 389 g/mol. The summed E-state index contributed by atoms with van der Waals surface area (Å²) < 4.78 is 0. The number of benzene rings is 2. The van der Waals surface area contributed by atoms with Crippen LogP contribution in [-0.4, -0.2) is 34.9 Å². The third kappa shape index (κ3) is 5.16. The van der Waals surface area contributed by atoms with Crippen LogP contribution in [0, 0.1) is 0 Å². The van der Waals surface area contributed by atoms with Gasteiger partial charge in [0.15, 0.2) is 0 Å². The summed E-state index contributed by atoms with van der Waals surface area (Å²) in [6, 6.07) is 19.4. The number of nitrogens with zero attached hydrogens (tertiary/aromatic N) is 3. The molecule has 1 heterocycles. The second-order valence-corrected chi connectivity index (χ2v) is 6.25. The lowest BCUT2D eigenvalue weighted by Crippen LogP contribution is -2.25. The molecule has 2 aromatic carbocycles. The molecule has 0 aliphatic rings. The highest BCUT2D eigenvalue weighted by atomic mass is 16.2. The third-order valence-electron chi connectivity index (χ3n) is 4.34. The number of nitrogens with one attached hydrogen (secondary N) is 2. The maximum absolute atomic E-state index is 12.5. The van der Waals surface area contributed by atoms with Crippen molar-refractivity contribution in [2.75, 3.05) is 28.6 Å². The molecule has 7 heteroatoms. The van der Waals surface area contributed by atoms with E-state index < -0.39 is 0 Å². The molecule has 0 bridgehead atoms. The van der Waals surface area contributed by atoms with Crippen molar-refractivity contribution in [2.24, 2.45) is 0 Å². The zero-order chi connectivity index (χ0) is 20.6. The van der Waals surface area contributed by atoms with Crippen molar-refractivity contribution in [3.8, 4) is 0 Å². The van der Waals surface area contributed by atoms with Gasteiger partial charge in [0.1, 0.15) is 11.6 Å². The average molecular weight is 389 g/mol. The summed E-state index contributed by atoms with van der Waals surface area (Å²) in [5.41, 5.74) is 1.02. The standard InChI is InChI=1S/C22H23N5O2/c1-3-27(4-2)19-15-18(23-20(28)16-11-7-5-8-12-16)24-22(25-19)26-21(29)17-13-9-6-10-14-17/h5-15H,3-4H2,1-2H3,(H2,23,24,25,26,28,29). The predicted molar refractivity (Wildman–Crippen MR) is 114 cm³/mol. The second kappa shape index (κ2) is 9.45. The molecule has 0 spiro atoms. The van der Waals surface area contributed by atoms with Crippen molar-refractivity contribution in [3.63, 3.8) is 0 Å². The van der Waals surface area contributed by atoms with Crippen LogP contribution in [0.4, 0.5) is 17.6 Å². The molecule has 0 saturated carbocycles. The smallest absolute Gasteiger partial charge is 0.258 e. The van der Waals surface area contributed by atoms with Crippen LogP contribution in [-0.2, 0) is 0 Å². The lowest BCUT2D eigenvalue weighted by atomic mass is 10.2. The number of hydrogen-bond donors (Lipinski definition) is 2. The van der Waals surface area contributed by atoms with Crippen LogP contribution in [0.3, 0.4) is 0 Å². The molecule has 2 N–H and O–H groups in total. The minimum absolute atomic E-state index is 0.131. The predicted octanol–water partition coefficient (Wildman–Crippen LogP) is 3.83. The van der Waals surface area contributed by atoms with Gasteiger partial charge in [-0.1, -0.05) is 36.4 Å². The van der Waals surface area contributed by atoms with Crippen molar-refractivity contribution in [2.45, 2.75) is 13.8 Å². The molecule has 0 fully saturated rings. The summed E-state index contributed by atoms with van der Waals surface area (Å²) >= 11 is 0. The van der Waals surface area contributed by atoms with Crippen molar-refractivity contribution < 1.29 is 9.59 Å². The zero-order valence-electron chi connectivity index (χ0n) is 16.4. The maximum atomic E-state index is 12.5. The number of carbonyl (C=O) groups is 2. The average Bonchev–Trinajstić information content (AvgIpc) is 2.75. The van der Waals surface area contributed by atoms with E-state index in [0.29, 0.717) is 22.8 Å². The molecule has 3 rings (SSSR count). The van der Waals surface area contributed by atoms with Gasteiger partial charge in [-0.3, -0.25) is 14.9 Å². The van der Waals surface area contributed by atoms with E-state index >= 15 is 0 Å². The van der Waals surface area contributed by atoms with Crippen LogP contribution in [0.15, 0.2) is 66.7 Å². The molecule has 0 radical (unpaired) electrons. The van der Waals surface area contributed by atoms with Gasteiger partial charge in [-0.2, -0.15) is 9.97 Å². The van der Waals surface area contributed by atoms with Gasteiger partial charge < -0.3 is 10.2 Å². The maximum Gasteiger partial charge on any atom is 0.258 e. The summed E-state index contributed by atoms with van der Waals surface area (Å²) in [5.74, 6) is 0.472. The summed E-state index contributed by atoms with van der Waals surface area (Å²) in [6.07, 6.45) is 0. The molecule has 0 aliphatic heterocycles. The zero-order valence-corrected chi connectivity index (χ0v) is 16.4. The van der Waals surface area contributed by atoms with E-state index in [9.17, 15) is 9.59 Å². The van der Waals surface area contributed by atoms with E-state index in [2.05, 4.69) is 20.6 Å².